The number of piperazine rings is 1. The molecule has 0 bridgehead atoms. The third-order valence-electron chi connectivity index (χ3n) is 3.87. The molecule has 1 aromatic carbocycles. The summed E-state index contributed by atoms with van der Waals surface area (Å²) in [5, 5.41) is 0. The molecule has 0 unspecified atom stereocenters. The van der Waals surface area contributed by atoms with Gasteiger partial charge in [-0.2, -0.15) is 0 Å². The lowest BCUT2D eigenvalue weighted by atomic mass is 10.1. The number of hydrogen-bond donors (Lipinski definition) is 1. The van der Waals surface area contributed by atoms with Crippen LogP contribution in [-0.4, -0.2) is 67.2 Å². The van der Waals surface area contributed by atoms with Crippen molar-refractivity contribution >= 4 is 12.0 Å². The number of fused-ring (bicyclic) bond motifs is 1. The van der Waals surface area contributed by atoms with Gasteiger partial charge in [0.1, 0.15) is 19.0 Å². The summed E-state index contributed by atoms with van der Waals surface area (Å²) in [6.45, 7) is 2.71. The molecule has 2 N–H and O–H groups in total. The van der Waals surface area contributed by atoms with Crippen molar-refractivity contribution in [3.63, 3.8) is 0 Å². The van der Waals surface area contributed by atoms with E-state index in [1.54, 1.807) is 34.1 Å². The van der Waals surface area contributed by atoms with E-state index >= 15 is 0 Å². The van der Waals surface area contributed by atoms with Gasteiger partial charge in [0.25, 0.3) is 5.91 Å². The second-order valence-electron chi connectivity index (χ2n) is 5.34. The first kappa shape index (κ1) is 14.6. The van der Waals surface area contributed by atoms with Gasteiger partial charge < -0.3 is 20.1 Å². The van der Waals surface area contributed by atoms with E-state index in [-0.39, 0.29) is 18.0 Å². The number of hydrogen-bond acceptors (Lipinski definition) is 5. The molecular formula is C15H19N3O4. The van der Waals surface area contributed by atoms with Crippen molar-refractivity contribution in [1.29, 1.82) is 0 Å². The Labute approximate surface area is 128 Å². The summed E-state index contributed by atoms with van der Waals surface area (Å²) in [6.07, 6.45) is -0.283. The summed E-state index contributed by atoms with van der Waals surface area (Å²) < 4.78 is 10.5. The van der Waals surface area contributed by atoms with Gasteiger partial charge in [0.05, 0.1) is 6.04 Å². The number of carbonyl (C=O) groups is 2. The number of nitrogens with two attached hydrogens (primary N) is 1. The highest BCUT2D eigenvalue weighted by atomic mass is 16.6. The van der Waals surface area contributed by atoms with E-state index in [1.807, 2.05) is 0 Å². The molecule has 0 saturated carbocycles. The molecule has 1 atom stereocenters. The predicted molar refractivity (Wildman–Crippen MR) is 78.7 cm³/mol. The second kappa shape index (κ2) is 6.23. The molecule has 22 heavy (non-hydrogen) atoms. The van der Waals surface area contributed by atoms with Gasteiger partial charge in [0.2, 0.25) is 0 Å². The van der Waals surface area contributed by atoms with Gasteiger partial charge in [-0.1, -0.05) is 6.07 Å². The van der Waals surface area contributed by atoms with E-state index < -0.39 is 0 Å². The van der Waals surface area contributed by atoms with Gasteiger partial charge in [-0.25, -0.2) is 4.79 Å². The van der Waals surface area contributed by atoms with E-state index in [0.717, 1.165) is 0 Å². The molecule has 3 rings (SSSR count). The van der Waals surface area contributed by atoms with Crippen molar-refractivity contribution in [2.75, 3.05) is 39.4 Å². The molecule has 0 spiro atoms. The van der Waals surface area contributed by atoms with Gasteiger partial charge >= 0.3 is 6.09 Å². The fourth-order valence-electron chi connectivity index (χ4n) is 2.75. The van der Waals surface area contributed by atoms with Crippen LogP contribution >= 0.6 is 0 Å². The Morgan fingerprint density at radius 1 is 1.41 bits per heavy atom. The molecule has 0 radical (unpaired) electrons. The SMILES string of the molecule is NCCOc1cccc(C(=O)N2CCN3C(=O)OC[C@H]3C2)c1. The highest BCUT2D eigenvalue weighted by Crippen LogP contribution is 2.21. The van der Waals surface area contributed by atoms with Crippen molar-refractivity contribution in [3.05, 3.63) is 29.8 Å². The quantitative estimate of drug-likeness (QED) is 0.865. The number of ether oxygens (including phenoxy) is 2. The number of benzene rings is 1. The number of nitrogens with zero attached hydrogens (tertiary/aromatic N) is 2. The number of rotatable bonds is 4. The molecule has 2 aliphatic heterocycles. The Kier molecular flexibility index (Phi) is 4.15. The number of cyclic esters (lactones) is 1. The average molecular weight is 305 g/mol. The first-order chi connectivity index (χ1) is 10.7. The van der Waals surface area contributed by atoms with Gasteiger partial charge in [0.15, 0.2) is 0 Å². The van der Waals surface area contributed by atoms with Crippen LogP contribution in [-0.2, 0) is 4.74 Å². The molecule has 2 heterocycles. The van der Waals surface area contributed by atoms with E-state index in [1.165, 1.54) is 0 Å². The van der Waals surface area contributed by atoms with Gasteiger partial charge in [-0.3, -0.25) is 9.69 Å². The third kappa shape index (κ3) is 2.85. The molecule has 2 aliphatic rings. The van der Waals surface area contributed by atoms with Gasteiger partial charge in [-0.15, -0.1) is 0 Å². The van der Waals surface area contributed by atoms with Crippen LogP contribution in [0.15, 0.2) is 24.3 Å². The Morgan fingerprint density at radius 2 is 2.27 bits per heavy atom. The van der Waals surface area contributed by atoms with Crippen LogP contribution in [0.3, 0.4) is 0 Å². The lowest BCUT2D eigenvalue weighted by molar-refractivity contribution is 0.0616. The highest BCUT2D eigenvalue weighted by molar-refractivity contribution is 5.94. The molecular weight excluding hydrogens is 286 g/mol. The minimum Gasteiger partial charge on any atom is -0.492 e. The lowest BCUT2D eigenvalue weighted by Gasteiger charge is -2.35. The minimum atomic E-state index is -0.283. The van der Waals surface area contributed by atoms with Crippen LogP contribution in [0.2, 0.25) is 0 Å². The maximum absolute atomic E-state index is 12.6. The number of carbonyl (C=O) groups excluding carboxylic acids is 2. The zero-order valence-electron chi connectivity index (χ0n) is 12.2. The number of amides is 2. The molecule has 2 saturated heterocycles. The topological polar surface area (TPSA) is 85.1 Å². The Hall–Kier alpha value is -2.28. The van der Waals surface area contributed by atoms with Crippen LogP contribution in [0.5, 0.6) is 5.75 Å². The smallest absolute Gasteiger partial charge is 0.410 e. The molecule has 1 aromatic rings. The van der Waals surface area contributed by atoms with E-state index in [2.05, 4.69) is 0 Å². The first-order valence-electron chi connectivity index (χ1n) is 7.34. The largest absolute Gasteiger partial charge is 0.492 e. The molecule has 7 heteroatoms. The fourth-order valence-corrected chi connectivity index (χ4v) is 2.75. The van der Waals surface area contributed by atoms with E-state index in [0.29, 0.717) is 50.7 Å². The first-order valence-corrected chi connectivity index (χ1v) is 7.34. The monoisotopic (exact) mass is 305 g/mol. The van der Waals surface area contributed by atoms with E-state index in [4.69, 9.17) is 15.2 Å². The molecule has 2 amide bonds. The highest BCUT2D eigenvalue weighted by Gasteiger charge is 2.38. The molecule has 7 nitrogen and oxygen atoms in total. The van der Waals surface area contributed by atoms with Crippen molar-refractivity contribution in [3.8, 4) is 5.75 Å². The van der Waals surface area contributed by atoms with Gasteiger partial charge in [0, 0.05) is 31.7 Å². The van der Waals surface area contributed by atoms with Crippen LogP contribution in [0, 0.1) is 0 Å². The molecule has 2 fully saturated rings. The lowest BCUT2D eigenvalue weighted by Crippen LogP contribution is -2.53. The summed E-state index contributed by atoms with van der Waals surface area (Å²) in [4.78, 5) is 27.5. The normalized spacial score (nSPS) is 20.6. The summed E-state index contributed by atoms with van der Waals surface area (Å²) in [5.74, 6) is 0.575. The van der Waals surface area contributed by atoms with Crippen molar-refractivity contribution in [2.24, 2.45) is 5.73 Å². The summed E-state index contributed by atoms with van der Waals surface area (Å²) >= 11 is 0. The maximum atomic E-state index is 12.6. The molecule has 0 aliphatic carbocycles. The Balaban J connectivity index is 1.68. The van der Waals surface area contributed by atoms with Crippen LogP contribution in [0.25, 0.3) is 0 Å². The summed E-state index contributed by atoms with van der Waals surface area (Å²) in [5.41, 5.74) is 5.98. The van der Waals surface area contributed by atoms with Crippen molar-refractivity contribution in [1.82, 2.24) is 9.80 Å². The summed E-state index contributed by atoms with van der Waals surface area (Å²) in [7, 11) is 0. The van der Waals surface area contributed by atoms with Crippen molar-refractivity contribution < 1.29 is 19.1 Å². The maximum Gasteiger partial charge on any atom is 0.410 e. The average Bonchev–Trinajstić information content (AvgIpc) is 2.93. The van der Waals surface area contributed by atoms with Crippen LogP contribution < -0.4 is 10.5 Å². The summed E-state index contributed by atoms with van der Waals surface area (Å²) in [6, 6.07) is 7.04. The van der Waals surface area contributed by atoms with Crippen LogP contribution in [0.4, 0.5) is 4.79 Å². The standard InChI is InChI=1S/C15H19N3O4/c16-4-7-21-13-3-1-2-11(8-13)14(19)17-5-6-18-12(9-17)10-22-15(18)20/h1-3,8,12H,4-7,9-10,16H2/t12-/m1/s1. The van der Waals surface area contributed by atoms with Gasteiger partial charge in [-0.05, 0) is 18.2 Å². The molecule has 0 aromatic heterocycles. The predicted octanol–water partition coefficient (Wildman–Crippen LogP) is 0.301. The zero-order valence-corrected chi connectivity index (χ0v) is 12.2. The van der Waals surface area contributed by atoms with Crippen molar-refractivity contribution in [2.45, 2.75) is 6.04 Å². The molecule has 118 valence electrons. The second-order valence-corrected chi connectivity index (χ2v) is 5.34. The Bertz CT molecular complexity index is 578. The van der Waals surface area contributed by atoms with E-state index in [9.17, 15) is 9.59 Å². The third-order valence-corrected chi connectivity index (χ3v) is 3.87. The Morgan fingerprint density at radius 3 is 3.09 bits per heavy atom. The minimum absolute atomic E-state index is 0.0399. The fraction of sp³-hybridized carbons (Fsp3) is 0.467. The zero-order chi connectivity index (χ0) is 15.5. The van der Waals surface area contributed by atoms with Crippen LogP contribution in [0.1, 0.15) is 10.4 Å².